The van der Waals surface area contributed by atoms with E-state index in [0.29, 0.717) is 17.0 Å². The van der Waals surface area contributed by atoms with Crippen LogP contribution in [0.3, 0.4) is 0 Å². The average molecular weight is 348 g/mol. The van der Waals surface area contributed by atoms with Crippen molar-refractivity contribution >= 4 is 41.2 Å². The molecular formula is C15H19Cl2NO4. The molecule has 1 heterocycles. The lowest BCUT2D eigenvalue weighted by Crippen LogP contribution is -2.49. The Morgan fingerprint density at radius 3 is 2.95 bits per heavy atom. The number of halogens is 2. The predicted molar refractivity (Wildman–Crippen MR) is 84.0 cm³/mol. The van der Waals surface area contributed by atoms with Crippen LogP contribution < -0.4 is 0 Å². The number of hydrogen-bond acceptors (Lipinski definition) is 5. The van der Waals surface area contributed by atoms with E-state index in [4.69, 9.17) is 32.8 Å². The van der Waals surface area contributed by atoms with Gasteiger partial charge in [-0.25, -0.2) is 0 Å². The first kappa shape index (κ1) is 17.3. The third-order valence-corrected chi connectivity index (χ3v) is 5.06. The quantitative estimate of drug-likeness (QED) is 0.435. The maximum absolute atomic E-state index is 12.5. The third-order valence-electron chi connectivity index (χ3n) is 4.20. The first-order valence-corrected chi connectivity index (χ1v) is 8.12. The van der Waals surface area contributed by atoms with Crippen LogP contribution in [0.2, 0.25) is 0 Å². The third kappa shape index (κ3) is 2.88. The van der Waals surface area contributed by atoms with Gasteiger partial charge in [-0.2, -0.15) is 0 Å². The highest BCUT2D eigenvalue weighted by molar-refractivity contribution is 6.34. The second-order valence-corrected chi connectivity index (χ2v) is 6.55. The molecule has 4 unspecified atom stereocenters. The maximum Gasteiger partial charge on any atom is 0.321 e. The molecule has 2 rings (SSSR count). The van der Waals surface area contributed by atoms with Crippen molar-refractivity contribution in [3.63, 3.8) is 0 Å². The molecule has 7 heteroatoms. The number of allylic oxidation sites excluding steroid dienone is 2. The summed E-state index contributed by atoms with van der Waals surface area (Å²) in [4.78, 5) is 28.8. The zero-order chi connectivity index (χ0) is 16.3. The molecule has 0 spiro atoms. The van der Waals surface area contributed by atoms with Crippen molar-refractivity contribution in [2.24, 2.45) is 16.5 Å². The molecule has 0 aromatic carbocycles. The van der Waals surface area contributed by atoms with E-state index in [1.807, 2.05) is 6.08 Å². The summed E-state index contributed by atoms with van der Waals surface area (Å²) >= 11 is 12.7. The van der Waals surface area contributed by atoms with Crippen LogP contribution in [0.4, 0.5) is 0 Å². The van der Waals surface area contributed by atoms with Crippen LogP contribution in [-0.4, -0.2) is 36.1 Å². The minimum Gasteiger partial charge on any atom is -0.465 e. The standard InChI is InChI=1S/C15H19Cl2NO4/c1-3-21-14(20)15(2)11(7-8-19)22-18-13(15)12-9(16)5-4-6-10(12)17/h5,8,10-12H,3-4,6-7H2,1-2H3. The second-order valence-electron chi connectivity index (χ2n) is 5.56. The summed E-state index contributed by atoms with van der Waals surface area (Å²) in [6.07, 6.45) is 3.45. The summed E-state index contributed by atoms with van der Waals surface area (Å²) in [6.45, 7) is 3.63. The Bertz CT molecular complexity index is 520. The lowest BCUT2D eigenvalue weighted by molar-refractivity contribution is -0.155. The number of nitrogens with zero attached hydrogens (tertiary/aromatic N) is 1. The Balaban J connectivity index is 2.40. The molecule has 2 aliphatic rings. The largest absolute Gasteiger partial charge is 0.465 e. The topological polar surface area (TPSA) is 65.0 Å². The van der Waals surface area contributed by atoms with Gasteiger partial charge in [0.15, 0.2) is 6.10 Å². The van der Waals surface area contributed by atoms with Crippen LogP contribution in [0.1, 0.15) is 33.1 Å². The van der Waals surface area contributed by atoms with Crippen molar-refractivity contribution in [3.8, 4) is 0 Å². The van der Waals surface area contributed by atoms with Crippen molar-refractivity contribution in [3.05, 3.63) is 11.1 Å². The fourth-order valence-electron chi connectivity index (χ4n) is 2.90. The molecule has 22 heavy (non-hydrogen) atoms. The number of carbonyl (C=O) groups excluding carboxylic acids is 2. The number of rotatable bonds is 5. The monoisotopic (exact) mass is 347 g/mol. The Labute approximate surface area is 139 Å². The first-order valence-electron chi connectivity index (χ1n) is 7.31. The molecule has 0 amide bonds. The van der Waals surface area contributed by atoms with Gasteiger partial charge in [0.25, 0.3) is 0 Å². The Morgan fingerprint density at radius 1 is 1.64 bits per heavy atom. The Hall–Kier alpha value is -1.07. The summed E-state index contributed by atoms with van der Waals surface area (Å²) in [5.41, 5.74) is -0.723. The average Bonchev–Trinajstić information content (AvgIpc) is 2.79. The van der Waals surface area contributed by atoms with E-state index < -0.39 is 23.4 Å². The summed E-state index contributed by atoms with van der Waals surface area (Å²) in [7, 11) is 0. The number of carbonyl (C=O) groups is 2. The van der Waals surface area contributed by atoms with Gasteiger partial charge < -0.3 is 14.4 Å². The molecule has 0 bridgehead atoms. The lowest BCUT2D eigenvalue weighted by Gasteiger charge is -2.33. The molecule has 0 saturated heterocycles. The van der Waals surface area contributed by atoms with E-state index in [9.17, 15) is 9.59 Å². The number of aldehydes is 1. The van der Waals surface area contributed by atoms with Crippen molar-refractivity contribution in [1.29, 1.82) is 0 Å². The molecule has 0 radical (unpaired) electrons. The fourth-order valence-corrected chi connectivity index (χ4v) is 3.71. The number of alkyl halides is 1. The van der Waals surface area contributed by atoms with Gasteiger partial charge in [-0.3, -0.25) is 4.79 Å². The molecule has 4 atom stereocenters. The van der Waals surface area contributed by atoms with E-state index >= 15 is 0 Å². The van der Waals surface area contributed by atoms with E-state index in [2.05, 4.69) is 5.16 Å². The summed E-state index contributed by atoms with van der Waals surface area (Å²) in [6, 6.07) is 0. The molecule has 0 fully saturated rings. The Morgan fingerprint density at radius 2 is 2.36 bits per heavy atom. The molecule has 122 valence electrons. The van der Waals surface area contributed by atoms with Gasteiger partial charge in [0.2, 0.25) is 0 Å². The van der Waals surface area contributed by atoms with Crippen molar-refractivity contribution in [2.75, 3.05) is 6.61 Å². The maximum atomic E-state index is 12.5. The number of oxime groups is 1. The highest BCUT2D eigenvalue weighted by atomic mass is 35.5. The van der Waals surface area contributed by atoms with Gasteiger partial charge in [0, 0.05) is 16.8 Å². The van der Waals surface area contributed by atoms with Gasteiger partial charge >= 0.3 is 5.97 Å². The van der Waals surface area contributed by atoms with Gasteiger partial charge in [0.05, 0.1) is 18.2 Å². The van der Waals surface area contributed by atoms with Crippen LogP contribution in [0.5, 0.6) is 0 Å². The summed E-state index contributed by atoms with van der Waals surface area (Å²) in [5.74, 6) is -0.875. The van der Waals surface area contributed by atoms with Gasteiger partial charge in [0.1, 0.15) is 11.7 Å². The van der Waals surface area contributed by atoms with Crippen LogP contribution in [0.15, 0.2) is 16.3 Å². The molecule has 0 aromatic rings. The SMILES string of the molecule is CCOC(=O)C1(C)C(C2C(Cl)=CCCC2Cl)=NOC1CC=O. The number of ether oxygens (including phenoxy) is 1. The lowest BCUT2D eigenvalue weighted by atomic mass is 9.72. The molecule has 0 aromatic heterocycles. The molecule has 1 aliphatic carbocycles. The number of hydrogen-bond donors (Lipinski definition) is 0. The van der Waals surface area contributed by atoms with Crippen molar-refractivity contribution < 1.29 is 19.2 Å². The molecule has 1 aliphatic heterocycles. The number of esters is 1. The second kappa shape index (κ2) is 7.01. The fraction of sp³-hybridized carbons (Fsp3) is 0.667. The molecule has 0 saturated carbocycles. The van der Waals surface area contributed by atoms with E-state index in [1.165, 1.54) is 0 Å². The normalized spacial score (nSPS) is 34.5. The van der Waals surface area contributed by atoms with Crippen molar-refractivity contribution in [1.82, 2.24) is 0 Å². The highest BCUT2D eigenvalue weighted by Gasteiger charge is 2.56. The minimum absolute atomic E-state index is 0.0450. The molecule has 5 nitrogen and oxygen atoms in total. The summed E-state index contributed by atoms with van der Waals surface area (Å²) < 4.78 is 5.18. The Kier molecular flexibility index (Phi) is 5.50. The molecule has 0 N–H and O–H groups in total. The zero-order valence-electron chi connectivity index (χ0n) is 12.6. The van der Waals surface area contributed by atoms with Crippen LogP contribution in [0, 0.1) is 11.3 Å². The highest BCUT2D eigenvalue weighted by Crippen LogP contribution is 2.44. The van der Waals surface area contributed by atoms with Gasteiger partial charge in [-0.05, 0) is 26.7 Å². The van der Waals surface area contributed by atoms with Crippen LogP contribution in [-0.2, 0) is 19.2 Å². The predicted octanol–water partition coefficient (Wildman–Crippen LogP) is 3.04. The van der Waals surface area contributed by atoms with Gasteiger partial charge in [-0.1, -0.05) is 22.8 Å². The smallest absolute Gasteiger partial charge is 0.321 e. The zero-order valence-corrected chi connectivity index (χ0v) is 14.1. The van der Waals surface area contributed by atoms with E-state index in [-0.39, 0.29) is 18.4 Å². The van der Waals surface area contributed by atoms with Crippen LogP contribution in [0.25, 0.3) is 0 Å². The minimum atomic E-state index is -1.17. The van der Waals surface area contributed by atoms with Gasteiger partial charge in [-0.15, -0.1) is 11.6 Å². The van der Waals surface area contributed by atoms with E-state index in [1.54, 1.807) is 13.8 Å². The van der Waals surface area contributed by atoms with Crippen molar-refractivity contribution in [2.45, 2.75) is 44.6 Å². The van der Waals surface area contributed by atoms with E-state index in [0.717, 1.165) is 12.8 Å². The first-order chi connectivity index (χ1) is 10.5. The summed E-state index contributed by atoms with van der Waals surface area (Å²) in [5, 5.41) is 4.34. The van der Waals surface area contributed by atoms with Crippen LogP contribution >= 0.6 is 23.2 Å². The molecular weight excluding hydrogens is 329 g/mol.